The van der Waals surface area contributed by atoms with E-state index in [1.54, 1.807) is 13.4 Å². The van der Waals surface area contributed by atoms with Gasteiger partial charge in [0.15, 0.2) is 5.76 Å². The zero-order valence-electron chi connectivity index (χ0n) is 21.4. The van der Waals surface area contributed by atoms with Crippen LogP contribution >= 0.6 is 0 Å². The van der Waals surface area contributed by atoms with Crippen molar-refractivity contribution in [1.82, 2.24) is 14.5 Å². The lowest BCUT2D eigenvalue weighted by Gasteiger charge is -2.52. The van der Waals surface area contributed by atoms with E-state index >= 15 is 0 Å². The zero-order chi connectivity index (χ0) is 25.5. The molecule has 3 aromatic rings. The third-order valence-electron chi connectivity index (χ3n) is 6.71. The Morgan fingerprint density at radius 3 is 2.58 bits per heavy atom. The van der Waals surface area contributed by atoms with Crippen LogP contribution in [0.3, 0.4) is 0 Å². The zero-order valence-corrected chi connectivity index (χ0v) is 21.4. The second kappa shape index (κ2) is 9.02. The number of ether oxygens (including phenoxy) is 2. The number of rotatable bonds is 5. The molecule has 2 aromatic carbocycles. The summed E-state index contributed by atoms with van der Waals surface area (Å²) >= 11 is 0. The van der Waals surface area contributed by atoms with Gasteiger partial charge in [0.25, 0.3) is 0 Å². The maximum Gasteiger partial charge on any atom is 0.211 e. The van der Waals surface area contributed by atoms with E-state index in [0.29, 0.717) is 23.9 Å². The van der Waals surface area contributed by atoms with Gasteiger partial charge in [-0.25, -0.2) is 4.98 Å². The van der Waals surface area contributed by atoms with Crippen LogP contribution in [0, 0.1) is 13.8 Å². The Kier molecular flexibility index (Phi) is 6.00. The number of oxime groups is 1. The first-order valence-electron chi connectivity index (χ1n) is 12.0. The highest BCUT2D eigenvalue weighted by molar-refractivity contribution is 6.01. The summed E-state index contributed by atoms with van der Waals surface area (Å²) in [6.45, 7) is 8.74. The summed E-state index contributed by atoms with van der Waals surface area (Å²) in [5, 5.41) is 15.1. The Labute approximate surface area is 211 Å². The molecule has 3 heterocycles. The fourth-order valence-corrected chi connectivity index (χ4v) is 4.81. The van der Waals surface area contributed by atoms with Gasteiger partial charge in [-0.15, -0.1) is 0 Å². The molecule has 0 amide bonds. The van der Waals surface area contributed by atoms with Crippen LogP contribution in [0.5, 0.6) is 5.75 Å². The van der Waals surface area contributed by atoms with Crippen LogP contribution < -0.4 is 4.74 Å². The molecule has 8 heteroatoms. The summed E-state index contributed by atoms with van der Waals surface area (Å²) in [4.78, 5) is 12.2. The Hall–Kier alpha value is -3.78. The molecule has 8 nitrogen and oxygen atoms in total. The highest BCUT2D eigenvalue weighted by Gasteiger charge is 2.50. The van der Waals surface area contributed by atoms with Gasteiger partial charge in [-0.05, 0) is 57.0 Å². The van der Waals surface area contributed by atoms with E-state index in [-0.39, 0.29) is 13.2 Å². The molecule has 1 saturated heterocycles. The molecule has 0 bridgehead atoms. The topological polar surface area (TPSA) is 81.3 Å². The van der Waals surface area contributed by atoms with Gasteiger partial charge in [0, 0.05) is 6.20 Å². The van der Waals surface area contributed by atoms with Crippen LogP contribution in [0.2, 0.25) is 0 Å². The minimum atomic E-state index is -0.772. The van der Waals surface area contributed by atoms with E-state index in [1.165, 1.54) is 0 Å². The first kappa shape index (κ1) is 23.9. The Morgan fingerprint density at radius 2 is 1.92 bits per heavy atom. The number of aryl methyl sites for hydroxylation is 2. The van der Waals surface area contributed by atoms with E-state index < -0.39 is 11.1 Å². The number of aliphatic hydroxyl groups is 1. The average molecular weight is 489 g/mol. The fourth-order valence-electron chi connectivity index (χ4n) is 4.81. The van der Waals surface area contributed by atoms with Crippen LogP contribution in [0.25, 0.3) is 11.8 Å². The number of methoxy groups -OCH3 is 1. The normalized spacial score (nSPS) is 21.9. The van der Waals surface area contributed by atoms with Crippen molar-refractivity contribution in [3.8, 4) is 11.4 Å². The molecule has 2 aliphatic rings. The van der Waals surface area contributed by atoms with Crippen molar-refractivity contribution in [2.75, 3.05) is 26.9 Å². The molecule has 1 atom stereocenters. The summed E-state index contributed by atoms with van der Waals surface area (Å²) in [6.07, 6.45) is 5.65. The predicted molar refractivity (Wildman–Crippen MR) is 138 cm³/mol. The molecule has 5 rings (SSSR count). The lowest BCUT2D eigenvalue weighted by Crippen LogP contribution is -2.63. The first-order valence-corrected chi connectivity index (χ1v) is 12.0. The molecule has 0 saturated carbocycles. The molecule has 1 N–H and O–H groups in total. The molecular formula is C28H32N4O4. The van der Waals surface area contributed by atoms with Crippen molar-refractivity contribution in [3.05, 3.63) is 83.1 Å². The van der Waals surface area contributed by atoms with Crippen LogP contribution in [-0.4, -0.2) is 57.9 Å². The molecule has 36 heavy (non-hydrogen) atoms. The quantitative estimate of drug-likeness (QED) is 0.580. The lowest BCUT2D eigenvalue weighted by atomic mass is 9.86. The molecule has 0 spiro atoms. The molecule has 1 aromatic heterocycles. The molecule has 2 aliphatic heterocycles. The number of nitrogens with zero attached hydrogens (tertiary/aromatic N) is 4. The number of aliphatic hydroxyl groups excluding tert-OH is 1. The number of hydrogen-bond donors (Lipinski definition) is 1. The number of morpholine rings is 1. The van der Waals surface area contributed by atoms with Crippen LogP contribution in [0.4, 0.5) is 0 Å². The number of amidine groups is 1. The van der Waals surface area contributed by atoms with E-state index in [4.69, 9.17) is 14.3 Å². The number of imidazole rings is 1. The van der Waals surface area contributed by atoms with Gasteiger partial charge >= 0.3 is 0 Å². The van der Waals surface area contributed by atoms with Gasteiger partial charge in [0.1, 0.15) is 23.5 Å². The third kappa shape index (κ3) is 4.22. The van der Waals surface area contributed by atoms with Crippen molar-refractivity contribution in [3.63, 3.8) is 0 Å². The average Bonchev–Trinajstić information content (AvgIpc) is 3.29. The molecule has 1 fully saturated rings. The standard InChI is InChI=1S/C28H32N4O4/c1-19-6-9-22(10-7-19)28(16-33)17-35-30-26-25(36-27(3,4)15-32(26)28)13-21-8-11-23(24(12-21)34-5)31-14-20(2)29-18-31/h6-14,18,33H,15-17H2,1-5H3/b25-13-. The number of benzene rings is 2. The first-order chi connectivity index (χ1) is 17.2. The van der Waals surface area contributed by atoms with Gasteiger partial charge in [-0.3, -0.25) is 0 Å². The summed E-state index contributed by atoms with van der Waals surface area (Å²) in [7, 11) is 1.65. The minimum absolute atomic E-state index is 0.120. The maximum absolute atomic E-state index is 10.7. The lowest BCUT2D eigenvalue weighted by molar-refractivity contribution is -0.0883. The number of hydrogen-bond acceptors (Lipinski definition) is 7. The monoisotopic (exact) mass is 488 g/mol. The smallest absolute Gasteiger partial charge is 0.211 e. The van der Waals surface area contributed by atoms with Crippen molar-refractivity contribution in [1.29, 1.82) is 0 Å². The summed E-state index contributed by atoms with van der Waals surface area (Å²) in [5.74, 6) is 1.84. The van der Waals surface area contributed by atoms with E-state index in [0.717, 1.165) is 28.1 Å². The fraction of sp³-hybridized carbons (Fsp3) is 0.357. The Bertz CT molecular complexity index is 1330. The second-order valence-electron chi connectivity index (χ2n) is 10.1. The van der Waals surface area contributed by atoms with E-state index in [9.17, 15) is 5.11 Å². The van der Waals surface area contributed by atoms with Crippen molar-refractivity contribution in [2.24, 2.45) is 5.16 Å². The Balaban J connectivity index is 1.56. The molecule has 188 valence electrons. The van der Waals surface area contributed by atoms with Crippen molar-refractivity contribution in [2.45, 2.75) is 38.8 Å². The largest absolute Gasteiger partial charge is 0.495 e. The highest BCUT2D eigenvalue weighted by Crippen LogP contribution is 2.40. The predicted octanol–water partition coefficient (Wildman–Crippen LogP) is 4.18. The van der Waals surface area contributed by atoms with Crippen LogP contribution in [0.15, 0.2) is 65.9 Å². The Morgan fingerprint density at radius 1 is 1.14 bits per heavy atom. The second-order valence-corrected chi connectivity index (χ2v) is 10.1. The minimum Gasteiger partial charge on any atom is -0.495 e. The van der Waals surface area contributed by atoms with E-state index in [1.807, 2.05) is 74.9 Å². The van der Waals surface area contributed by atoms with Gasteiger partial charge in [0.05, 0.1) is 38.0 Å². The third-order valence-corrected chi connectivity index (χ3v) is 6.71. The summed E-state index contributed by atoms with van der Waals surface area (Å²) in [6, 6.07) is 14.1. The van der Waals surface area contributed by atoms with Gasteiger partial charge in [-0.2, -0.15) is 0 Å². The number of fused-ring (bicyclic) bond motifs is 1. The molecule has 1 unspecified atom stereocenters. The SMILES string of the molecule is COc1cc(/C=C2\OC(C)(C)CN3C2=NOCC3(CO)c2ccc(C)cc2)ccc1-n1cnc(C)c1. The number of aromatic nitrogens is 2. The van der Waals surface area contributed by atoms with Crippen molar-refractivity contribution >= 4 is 11.9 Å². The van der Waals surface area contributed by atoms with E-state index in [2.05, 4.69) is 27.2 Å². The molecule has 0 radical (unpaired) electrons. The van der Waals surface area contributed by atoms with Crippen LogP contribution in [0.1, 0.15) is 36.2 Å². The maximum atomic E-state index is 10.7. The summed E-state index contributed by atoms with van der Waals surface area (Å²) in [5.41, 5.74) is 3.54. The van der Waals surface area contributed by atoms with Crippen molar-refractivity contribution < 1.29 is 19.4 Å². The highest BCUT2D eigenvalue weighted by atomic mass is 16.6. The molecule has 0 aliphatic carbocycles. The van der Waals surface area contributed by atoms with Gasteiger partial charge in [0.2, 0.25) is 5.84 Å². The van der Waals surface area contributed by atoms with Crippen LogP contribution in [-0.2, 0) is 15.1 Å². The van der Waals surface area contributed by atoms with Gasteiger partial charge < -0.3 is 28.9 Å². The van der Waals surface area contributed by atoms with Gasteiger partial charge in [-0.1, -0.05) is 41.1 Å². The molecular weight excluding hydrogens is 456 g/mol. The summed E-state index contributed by atoms with van der Waals surface area (Å²) < 4.78 is 14.0.